The topological polar surface area (TPSA) is 15.3 Å². The molecule has 2 aliphatic heterocycles. The second-order valence-corrected chi connectivity index (χ2v) is 4.81. The molecule has 0 aromatic rings. The highest BCUT2D eigenvalue weighted by Gasteiger charge is 2.22. The van der Waals surface area contributed by atoms with Gasteiger partial charge in [-0.15, -0.1) is 0 Å². The number of rotatable bonds is 1. The van der Waals surface area contributed by atoms with Crippen molar-refractivity contribution in [3.63, 3.8) is 0 Å². The average Bonchev–Trinajstić information content (AvgIpc) is 2.21. The third-order valence-corrected chi connectivity index (χ3v) is 4.00. The molecule has 2 heterocycles. The van der Waals surface area contributed by atoms with Gasteiger partial charge in [-0.1, -0.05) is 0 Å². The van der Waals surface area contributed by atoms with Crippen LogP contribution in [-0.2, 0) is 0 Å². The molecule has 0 amide bonds. The van der Waals surface area contributed by atoms with Gasteiger partial charge in [0.2, 0.25) is 0 Å². The van der Waals surface area contributed by atoms with Gasteiger partial charge in [0.15, 0.2) is 0 Å². The van der Waals surface area contributed by atoms with E-state index in [4.69, 9.17) is 0 Å². The minimum atomic E-state index is 0.894. The maximum Gasteiger partial charge on any atom is 0.0187 e. The highest BCUT2D eigenvalue weighted by atomic mass is 32.2. The van der Waals surface area contributed by atoms with Crippen LogP contribution in [-0.4, -0.2) is 48.6 Å². The van der Waals surface area contributed by atoms with E-state index >= 15 is 0 Å². The van der Waals surface area contributed by atoms with E-state index in [1.54, 1.807) is 0 Å². The van der Waals surface area contributed by atoms with Gasteiger partial charge in [-0.05, 0) is 18.6 Å². The molecule has 2 rings (SSSR count). The number of nitrogens with one attached hydrogen (secondary N) is 1. The molecule has 0 aliphatic carbocycles. The minimum Gasteiger partial charge on any atom is -0.314 e. The summed E-state index contributed by atoms with van der Waals surface area (Å²) >= 11 is 2.13. The predicted octanol–water partition coefficient (Wildman–Crippen LogP) is 0.787. The van der Waals surface area contributed by atoms with Crippen LogP contribution in [0.3, 0.4) is 0 Å². The molecule has 3 heteroatoms. The first-order chi connectivity index (χ1) is 5.97. The SMILES string of the molecule is C1CSCC(N2CCNCC2)C1. The fraction of sp³-hybridized carbons (Fsp3) is 1.00. The highest BCUT2D eigenvalue weighted by molar-refractivity contribution is 7.99. The standard InChI is InChI=1S/C9H18N2S/c1-2-9(8-12-7-1)11-5-3-10-4-6-11/h9-10H,1-8H2. The zero-order valence-electron chi connectivity index (χ0n) is 7.59. The fourth-order valence-corrected chi connectivity index (χ4v) is 3.25. The number of piperazine rings is 1. The van der Waals surface area contributed by atoms with Crippen LogP contribution < -0.4 is 5.32 Å². The second-order valence-electron chi connectivity index (χ2n) is 3.66. The maximum absolute atomic E-state index is 3.41. The maximum atomic E-state index is 3.41. The summed E-state index contributed by atoms with van der Waals surface area (Å²) in [5.41, 5.74) is 0. The van der Waals surface area contributed by atoms with Gasteiger partial charge in [0, 0.05) is 38.0 Å². The monoisotopic (exact) mass is 186 g/mol. The molecule has 2 aliphatic rings. The Morgan fingerprint density at radius 1 is 1.25 bits per heavy atom. The van der Waals surface area contributed by atoms with Crippen molar-refractivity contribution in [2.45, 2.75) is 18.9 Å². The Morgan fingerprint density at radius 2 is 2.08 bits per heavy atom. The Balaban J connectivity index is 1.80. The first kappa shape index (κ1) is 8.85. The van der Waals surface area contributed by atoms with Crippen molar-refractivity contribution in [3.05, 3.63) is 0 Å². The smallest absolute Gasteiger partial charge is 0.0187 e. The zero-order chi connectivity index (χ0) is 8.23. The minimum absolute atomic E-state index is 0.894. The van der Waals surface area contributed by atoms with Crippen LogP contribution in [0.25, 0.3) is 0 Å². The summed E-state index contributed by atoms with van der Waals surface area (Å²) in [6.45, 7) is 4.93. The van der Waals surface area contributed by atoms with E-state index in [1.165, 1.54) is 50.5 Å². The zero-order valence-corrected chi connectivity index (χ0v) is 8.41. The summed E-state index contributed by atoms with van der Waals surface area (Å²) in [7, 11) is 0. The summed E-state index contributed by atoms with van der Waals surface area (Å²) in [6.07, 6.45) is 2.87. The van der Waals surface area contributed by atoms with E-state index in [9.17, 15) is 0 Å². The van der Waals surface area contributed by atoms with Gasteiger partial charge in [0.25, 0.3) is 0 Å². The van der Waals surface area contributed by atoms with Crippen molar-refractivity contribution < 1.29 is 0 Å². The van der Waals surface area contributed by atoms with Crippen LogP contribution >= 0.6 is 11.8 Å². The molecule has 1 unspecified atom stereocenters. The molecule has 0 spiro atoms. The molecule has 1 N–H and O–H groups in total. The highest BCUT2D eigenvalue weighted by Crippen LogP contribution is 2.21. The lowest BCUT2D eigenvalue weighted by atomic mass is 10.1. The van der Waals surface area contributed by atoms with Crippen molar-refractivity contribution in [3.8, 4) is 0 Å². The quantitative estimate of drug-likeness (QED) is 0.652. The van der Waals surface area contributed by atoms with Crippen LogP contribution in [0.15, 0.2) is 0 Å². The normalized spacial score (nSPS) is 33.5. The molecule has 0 saturated carbocycles. The molecule has 0 aromatic heterocycles. The predicted molar refractivity (Wildman–Crippen MR) is 54.8 cm³/mol. The van der Waals surface area contributed by atoms with Gasteiger partial charge in [-0.3, -0.25) is 4.90 Å². The molecular weight excluding hydrogens is 168 g/mol. The molecule has 2 nitrogen and oxygen atoms in total. The molecule has 70 valence electrons. The van der Waals surface area contributed by atoms with Crippen LogP contribution in [0, 0.1) is 0 Å². The van der Waals surface area contributed by atoms with Gasteiger partial charge in [0.05, 0.1) is 0 Å². The first-order valence-corrected chi connectivity index (χ1v) is 6.15. The number of thioether (sulfide) groups is 1. The number of hydrogen-bond acceptors (Lipinski definition) is 3. The lowest BCUT2D eigenvalue weighted by Gasteiger charge is -2.36. The van der Waals surface area contributed by atoms with E-state index in [2.05, 4.69) is 22.0 Å². The Kier molecular flexibility index (Phi) is 3.31. The fourth-order valence-electron chi connectivity index (χ4n) is 2.06. The first-order valence-electron chi connectivity index (χ1n) is 4.99. The van der Waals surface area contributed by atoms with Gasteiger partial charge < -0.3 is 5.32 Å². The molecule has 12 heavy (non-hydrogen) atoms. The van der Waals surface area contributed by atoms with Crippen LogP contribution in [0.4, 0.5) is 0 Å². The molecular formula is C9H18N2S. The van der Waals surface area contributed by atoms with Crippen LogP contribution in [0.2, 0.25) is 0 Å². The van der Waals surface area contributed by atoms with Gasteiger partial charge in [-0.25, -0.2) is 0 Å². The van der Waals surface area contributed by atoms with Crippen LogP contribution in [0.5, 0.6) is 0 Å². The summed E-state index contributed by atoms with van der Waals surface area (Å²) in [4.78, 5) is 2.67. The van der Waals surface area contributed by atoms with E-state index < -0.39 is 0 Å². The van der Waals surface area contributed by atoms with Crippen molar-refractivity contribution >= 4 is 11.8 Å². The molecule has 2 saturated heterocycles. The number of nitrogens with zero attached hydrogens (tertiary/aromatic N) is 1. The lowest BCUT2D eigenvalue weighted by Crippen LogP contribution is -2.49. The van der Waals surface area contributed by atoms with Gasteiger partial charge in [-0.2, -0.15) is 11.8 Å². The van der Waals surface area contributed by atoms with Crippen molar-refractivity contribution in [1.29, 1.82) is 0 Å². The van der Waals surface area contributed by atoms with Crippen LogP contribution in [0.1, 0.15) is 12.8 Å². The Morgan fingerprint density at radius 3 is 2.75 bits per heavy atom. The van der Waals surface area contributed by atoms with E-state index in [-0.39, 0.29) is 0 Å². The van der Waals surface area contributed by atoms with E-state index in [0.29, 0.717) is 0 Å². The summed E-state index contributed by atoms with van der Waals surface area (Å²) in [6, 6.07) is 0.894. The molecule has 0 bridgehead atoms. The Labute approximate surface area is 79.1 Å². The lowest BCUT2D eigenvalue weighted by molar-refractivity contribution is 0.177. The largest absolute Gasteiger partial charge is 0.314 e. The third kappa shape index (κ3) is 2.15. The summed E-state index contributed by atoms with van der Waals surface area (Å²) < 4.78 is 0. The summed E-state index contributed by atoms with van der Waals surface area (Å²) in [5, 5.41) is 3.41. The Bertz CT molecular complexity index is 112. The van der Waals surface area contributed by atoms with Crippen molar-refractivity contribution in [2.24, 2.45) is 0 Å². The number of hydrogen-bond donors (Lipinski definition) is 1. The Hall–Kier alpha value is 0.270. The van der Waals surface area contributed by atoms with Gasteiger partial charge in [0.1, 0.15) is 0 Å². The molecule has 2 fully saturated rings. The summed E-state index contributed by atoms with van der Waals surface area (Å²) in [5.74, 6) is 2.77. The molecule has 1 atom stereocenters. The average molecular weight is 186 g/mol. The van der Waals surface area contributed by atoms with E-state index in [1.807, 2.05) is 0 Å². The van der Waals surface area contributed by atoms with Gasteiger partial charge >= 0.3 is 0 Å². The van der Waals surface area contributed by atoms with E-state index in [0.717, 1.165) is 6.04 Å². The van der Waals surface area contributed by atoms with Crippen molar-refractivity contribution in [1.82, 2.24) is 10.2 Å². The molecule has 0 aromatic carbocycles. The third-order valence-electron chi connectivity index (χ3n) is 2.80. The molecule has 0 radical (unpaired) electrons. The second kappa shape index (κ2) is 4.49. The van der Waals surface area contributed by atoms with Crippen molar-refractivity contribution in [2.75, 3.05) is 37.7 Å².